The number of aromatic carboxylic acids is 1. The molecule has 9 nitrogen and oxygen atoms in total. The molecule has 0 aromatic heterocycles. The molecule has 1 fully saturated rings. The second-order valence-corrected chi connectivity index (χ2v) is 4.65. The van der Waals surface area contributed by atoms with Gasteiger partial charge in [-0.15, -0.1) is 0 Å². The van der Waals surface area contributed by atoms with Gasteiger partial charge in [0.2, 0.25) is 6.29 Å². The molecule has 0 amide bonds. The number of carbonyl (C=O) groups is 2. The Morgan fingerprint density at radius 2 is 1.50 bits per heavy atom. The molecule has 0 aliphatic carbocycles. The summed E-state index contributed by atoms with van der Waals surface area (Å²) < 4.78 is 10.0. The van der Waals surface area contributed by atoms with Crippen molar-refractivity contribution in [2.45, 2.75) is 30.7 Å². The van der Waals surface area contributed by atoms with E-state index in [0.29, 0.717) is 0 Å². The van der Waals surface area contributed by atoms with Crippen LogP contribution in [-0.2, 0) is 9.53 Å². The number of aliphatic carboxylic acids is 1. The average molecular weight is 390 g/mol. The summed E-state index contributed by atoms with van der Waals surface area (Å²) in [6.07, 6.45) is -8.88. The fourth-order valence-electron chi connectivity index (χ4n) is 1.94. The van der Waals surface area contributed by atoms with Gasteiger partial charge in [-0.3, -0.25) is 0 Å². The van der Waals surface area contributed by atoms with Crippen LogP contribution in [0.2, 0.25) is 0 Å². The molecule has 1 aliphatic rings. The van der Waals surface area contributed by atoms with Crippen LogP contribution in [0.5, 0.6) is 5.75 Å². The van der Waals surface area contributed by atoms with E-state index in [4.69, 9.17) is 9.47 Å². The topological polar surface area (TPSA) is 159 Å². The number of benzene rings is 1. The zero-order valence-electron chi connectivity index (χ0n) is 13.0. The van der Waals surface area contributed by atoms with Crippen LogP contribution in [0.3, 0.4) is 0 Å². The maximum atomic E-state index is 10.8. The van der Waals surface area contributed by atoms with E-state index in [2.05, 4.69) is 0 Å². The van der Waals surface area contributed by atoms with Crippen molar-refractivity contribution >= 4 is 11.9 Å². The monoisotopic (exact) mass is 390 g/mol. The predicted molar refractivity (Wildman–Crippen MR) is 63.1 cm³/mol. The zero-order chi connectivity index (χ0) is 16.4. The Bertz CT molecular complexity index is 565. The Morgan fingerprint density at radius 3 is 1.96 bits per heavy atom. The minimum atomic E-state index is -1.88. The molecular formula is C13H12K2O9. The molecule has 0 bridgehead atoms. The second kappa shape index (κ2) is 11.0. The average Bonchev–Trinajstić information content (AvgIpc) is 2.48. The molecule has 1 saturated heterocycles. The van der Waals surface area contributed by atoms with Crippen LogP contribution in [0.4, 0.5) is 0 Å². The summed E-state index contributed by atoms with van der Waals surface area (Å²) in [5, 5.41) is 50.2. The summed E-state index contributed by atoms with van der Waals surface area (Å²) in [6, 6.07) is 4.79. The number of carboxylic acids is 2. The number of carbonyl (C=O) groups excluding carboxylic acids is 2. The van der Waals surface area contributed by atoms with Gasteiger partial charge in [-0.25, -0.2) is 0 Å². The van der Waals surface area contributed by atoms with E-state index in [9.17, 15) is 35.1 Å². The molecule has 5 atom stereocenters. The molecule has 24 heavy (non-hydrogen) atoms. The Labute approximate surface area is 221 Å². The largest absolute Gasteiger partial charge is 1.00 e. The Morgan fingerprint density at radius 1 is 0.958 bits per heavy atom. The van der Waals surface area contributed by atoms with Crippen molar-refractivity contribution in [1.82, 2.24) is 0 Å². The van der Waals surface area contributed by atoms with Crippen LogP contribution in [0.15, 0.2) is 24.3 Å². The first-order valence-corrected chi connectivity index (χ1v) is 6.20. The third-order valence-electron chi connectivity index (χ3n) is 3.14. The SMILES string of the molecule is O=C([O-])c1ccc(OC2OC(C(=O)[O-])C(O)C(O)C2O)cc1.[K+].[K+]. The fourth-order valence-corrected chi connectivity index (χ4v) is 1.94. The molecule has 1 aromatic rings. The van der Waals surface area contributed by atoms with Crippen molar-refractivity contribution in [2.75, 3.05) is 0 Å². The maximum absolute atomic E-state index is 10.8. The summed E-state index contributed by atoms with van der Waals surface area (Å²) in [6.45, 7) is 0. The first-order valence-electron chi connectivity index (χ1n) is 6.20. The molecule has 0 saturated carbocycles. The van der Waals surface area contributed by atoms with Crippen LogP contribution in [0.1, 0.15) is 10.4 Å². The van der Waals surface area contributed by atoms with Gasteiger partial charge < -0.3 is 44.6 Å². The van der Waals surface area contributed by atoms with Crippen LogP contribution in [0, 0.1) is 0 Å². The Kier molecular flexibility index (Phi) is 11.5. The number of ether oxygens (including phenoxy) is 2. The standard InChI is InChI=1S/C13H14O9.2K/c14-7-8(15)10(12(19)20)22-13(9(7)16)21-6-3-1-5(2-4-6)11(17)18;;/h1-4,7-10,13-16H,(H,17,18)(H,19,20);;/q;2*+1/p-2. The van der Waals surface area contributed by atoms with Crippen molar-refractivity contribution in [3.63, 3.8) is 0 Å². The predicted octanol–water partition coefficient (Wildman–Crippen LogP) is -10.0. The molecule has 2 rings (SSSR count). The third kappa shape index (κ3) is 6.06. The Balaban J connectivity index is 0.00000264. The first-order chi connectivity index (χ1) is 10.3. The fraction of sp³-hybridized carbons (Fsp3) is 0.385. The van der Waals surface area contributed by atoms with E-state index in [0.717, 1.165) is 0 Å². The molecule has 3 N–H and O–H groups in total. The molecule has 1 heterocycles. The minimum Gasteiger partial charge on any atom is -0.547 e. The molecular weight excluding hydrogens is 378 g/mol. The molecule has 11 heteroatoms. The van der Waals surface area contributed by atoms with Gasteiger partial charge in [-0.05, 0) is 29.8 Å². The smallest absolute Gasteiger partial charge is 0.547 e. The van der Waals surface area contributed by atoms with Crippen molar-refractivity contribution in [2.24, 2.45) is 0 Å². The number of hydrogen-bond donors (Lipinski definition) is 3. The molecule has 0 spiro atoms. The molecule has 1 aromatic carbocycles. The van der Waals surface area contributed by atoms with Gasteiger partial charge in [0.05, 0.1) is 11.9 Å². The van der Waals surface area contributed by atoms with E-state index >= 15 is 0 Å². The van der Waals surface area contributed by atoms with E-state index in [-0.39, 0.29) is 114 Å². The van der Waals surface area contributed by atoms with Crippen LogP contribution in [0.25, 0.3) is 0 Å². The van der Waals surface area contributed by atoms with Gasteiger partial charge in [0.1, 0.15) is 30.2 Å². The van der Waals surface area contributed by atoms with E-state index in [1.54, 1.807) is 0 Å². The van der Waals surface area contributed by atoms with Gasteiger partial charge >= 0.3 is 103 Å². The van der Waals surface area contributed by atoms with Gasteiger partial charge in [0.15, 0.2) is 0 Å². The summed E-state index contributed by atoms with van der Waals surface area (Å²) in [5.41, 5.74) is -0.111. The summed E-state index contributed by atoms with van der Waals surface area (Å²) >= 11 is 0. The maximum Gasteiger partial charge on any atom is 1.00 e. The molecule has 0 radical (unpaired) electrons. The van der Waals surface area contributed by atoms with E-state index in [1.807, 2.05) is 0 Å². The first kappa shape index (κ1) is 25.1. The number of carboxylic acid groups (broad SMARTS) is 2. The van der Waals surface area contributed by atoms with Crippen LogP contribution < -0.4 is 118 Å². The van der Waals surface area contributed by atoms with Crippen LogP contribution >= 0.6 is 0 Å². The number of hydrogen-bond acceptors (Lipinski definition) is 9. The summed E-state index contributed by atoms with van der Waals surface area (Å²) in [5.74, 6) is -3.12. The number of aliphatic hydroxyl groups excluding tert-OH is 3. The second-order valence-electron chi connectivity index (χ2n) is 4.65. The van der Waals surface area contributed by atoms with E-state index in [1.165, 1.54) is 24.3 Å². The van der Waals surface area contributed by atoms with Gasteiger partial charge in [-0.1, -0.05) is 0 Å². The van der Waals surface area contributed by atoms with Crippen LogP contribution in [-0.4, -0.2) is 58.0 Å². The van der Waals surface area contributed by atoms with Gasteiger partial charge in [0.25, 0.3) is 0 Å². The summed E-state index contributed by atoms with van der Waals surface area (Å²) in [7, 11) is 0. The molecule has 1 aliphatic heterocycles. The number of rotatable bonds is 4. The molecule has 5 unspecified atom stereocenters. The van der Waals surface area contributed by atoms with Crippen molar-refractivity contribution in [1.29, 1.82) is 0 Å². The Hall–Kier alpha value is 1.07. The van der Waals surface area contributed by atoms with Crippen molar-refractivity contribution < 1.29 is 147 Å². The van der Waals surface area contributed by atoms with Crippen molar-refractivity contribution in [3.8, 4) is 5.75 Å². The molecule has 120 valence electrons. The van der Waals surface area contributed by atoms with Crippen molar-refractivity contribution in [3.05, 3.63) is 29.8 Å². The van der Waals surface area contributed by atoms with Gasteiger partial charge in [0, 0.05) is 0 Å². The number of aliphatic hydroxyl groups is 3. The zero-order valence-corrected chi connectivity index (χ0v) is 19.2. The summed E-state index contributed by atoms with van der Waals surface area (Å²) in [4.78, 5) is 21.4. The normalized spacial score (nSPS) is 28.9. The third-order valence-corrected chi connectivity index (χ3v) is 3.14. The minimum absolute atomic E-state index is 0. The van der Waals surface area contributed by atoms with Gasteiger partial charge in [-0.2, -0.15) is 0 Å². The quantitative estimate of drug-likeness (QED) is 0.424. The van der Waals surface area contributed by atoms with E-state index < -0.39 is 42.6 Å².